The van der Waals surface area contributed by atoms with Gasteiger partial charge in [-0.15, -0.1) is 0 Å². The molecule has 10 aromatic rings. The van der Waals surface area contributed by atoms with Crippen LogP contribution in [0.2, 0.25) is 0 Å². The van der Waals surface area contributed by atoms with Gasteiger partial charge in [-0.1, -0.05) is 126 Å². The summed E-state index contributed by atoms with van der Waals surface area (Å²) in [6.45, 7) is 4.27. The molecule has 0 aliphatic heterocycles. The first kappa shape index (κ1) is 31.5. The van der Waals surface area contributed by atoms with Crippen molar-refractivity contribution < 1.29 is 0 Å². The quantitative estimate of drug-likeness (QED) is 0.180. The highest BCUT2D eigenvalue weighted by molar-refractivity contribution is 6.13. The molecule has 0 aliphatic rings. The van der Waals surface area contributed by atoms with Gasteiger partial charge in [-0.2, -0.15) is 5.26 Å². The monoisotopic (exact) mass is 690 g/mol. The van der Waals surface area contributed by atoms with Crippen LogP contribution in [-0.2, 0) is 0 Å². The van der Waals surface area contributed by atoms with Gasteiger partial charge in [0, 0.05) is 32.7 Å². The van der Waals surface area contributed by atoms with Crippen LogP contribution in [0.5, 0.6) is 0 Å². The number of nitriles is 1. The lowest BCUT2D eigenvalue weighted by Gasteiger charge is -2.20. The number of aromatic nitrogens is 3. The van der Waals surface area contributed by atoms with E-state index in [0.29, 0.717) is 5.56 Å². The van der Waals surface area contributed by atoms with Crippen molar-refractivity contribution in [3.63, 3.8) is 0 Å². The van der Waals surface area contributed by atoms with Crippen LogP contribution in [0, 0.1) is 25.2 Å². The molecule has 0 spiro atoms. The van der Waals surface area contributed by atoms with E-state index in [-0.39, 0.29) is 0 Å². The summed E-state index contributed by atoms with van der Waals surface area (Å²) < 4.78 is 4.66. The van der Waals surface area contributed by atoms with Crippen LogP contribution in [0.4, 0.5) is 0 Å². The summed E-state index contributed by atoms with van der Waals surface area (Å²) in [5.74, 6) is 0. The predicted octanol–water partition coefficient (Wildman–Crippen LogP) is 12.8. The van der Waals surface area contributed by atoms with Crippen molar-refractivity contribution in [1.82, 2.24) is 14.1 Å². The van der Waals surface area contributed by atoms with Crippen LogP contribution in [0.3, 0.4) is 0 Å². The van der Waals surface area contributed by atoms with Gasteiger partial charge in [-0.05, 0) is 78.6 Å². The molecule has 4 heteroatoms. The molecule has 0 N–H and O–H groups in total. The highest BCUT2D eigenvalue weighted by Gasteiger charge is 2.24. The summed E-state index contributed by atoms with van der Waals surface area (Å²) in [7, 11) is 0. The van der Waals surface area contributed by atoms with Gasteiger partial charge in [0.25, 0.3) is 0 Å². The number of rotatable bonds is 5. The highest BCUT2D eigenvalue weighted by atomic mass is 15.0. The number of pyridine rings is 1. The highest BCUT2D eigenvalue weighted by Crippen LogP contribution is 2.43. The fourth-order valence-electron chi connectivity index (χ4n) is 8.33. The summed E-state index contributed by atoms with van der Waals surface area (Å²) in [5, 5.41) is 15.2. The lowest BCUT2D eigenvalue weighted by Crippen LogP contribution is -2.05. The smallest absolute Gasteiger partial charge is 0.0998 e. The number of para-hydroxylation sites is 2. The first-order valence-corrected chi connectivity index (χ1v) is 18.3. The lowest BCUT2D eigenvalue weighted by atomic mass is 9.97. The van der Waals surface area contributed by atoms with Gasteiger partial charge >= 0.3 is 0 Å². The van der Waals surface area contributed by atoms with E-state index < -0.39 is 0 Å². The molecule has 0 amide bonds. The first-order chi connectivity index (χ1) is 26.6. The Morgan fingerprint density at radius 2 is 0.907 bits per heavy atom. The number of benzene rings is 7. The van der Waals surface area contributed by atoms with E-state index in [1.165, 1.54) is 33.4 Å². The minimum Gasteiger partial charge on any atom is -0.307 e. The summed E-state index contributed by atoms with van der Waals surface area (Å²) in [6, 6.07) is 58.4. The zero-order valence-electron chi connectivity index (χ0n) is 30.0. The second kappa shape index (κ2) is 12.5. The van der Waals surface area contributed by atoms with Gasteiger partial charge < -0.3 is 9.13 Å². The minimum absolute atomic E-state index is 0.608. The van der Waals surface area contributed by atoms with Gasteiger partial charge in [0.05, 0.1) is 57.5 Å². The standard InChI is InChI=1S/C50H34N4/c1-32-11-9-14-34(25-32)36-21-23-46-42(27-36)40-17-5-7-19-44(40)53(46)48-30-52-31-49(50(48)39-16-4-3-13-38(39)29-51)54-45-20-8-6-18-41(45)43-28-37(22-24-47(43)54)35-15-10-12-33(2)26-35/h3-28,30-31H,1-2H3. The van der Waals surface area contributed by atoms with E-state index in [4.69, 9.17) is 4.98 Å². The van der Waals surface area contributed by atoms with E-state index in [1.807, 2.05) is 30.6 Å². The second-order valence-corrected chi connectivity index (χ2v) is 14.1. The molecule has 7 aromatic carbocycles. The Kier molecular flexibility index (Phi) is 7.28. The molecule has 0 aliphatic carbocycles. The average molecular weight is 691 g/mol. The first-order valence-electron chi connectivity index (χ1n) is 18.3. The summed E-state index contributed by atoms with van der Waals surface area (Å²) in [5.41, 5.74) is 15.7. The molecular formula is C50H34N4. The lowest BCUT2D eigenvalue weighted by molar-refractivity contribution is 1.09. The third-order valence-electron chi connectivity index (χ3n) is 10.8. The second-order valence-electron chi connectivity index (χ2n) is 14.1. The number of aryl methyl sites for hydroxylation is 2. The molecular weight excluding hydrogens is 657 g/mol. The maximum Gasteiger partial charge on any atom is 0.0998 e. The van der Waals surface area contributed by atoms with E-state index in [0.717, 1.165) is 66.1 Å². The molecule has 0 saturated heterocycles. The molecule has 0 bridgehead atoms. The molecule has 0 saturated carbocycles. The maximum atomic E-state index is 10.5. The van der Waals surface area contributed by atoms with Gasteiger partial charge in [-0.25, -0.2) is 0 Å². The van der Waals surface area contributed by atoms with Crippen molar-refractivity contribution >= 4 is 43.6 Å². The van der Waals surface area contributed by atoms with Gasteiger partial charge in [0.1, 0.15) is 0 Å². The normalized spacial score (nSPS) is 11.5. The third-order valence-corrected chi connectivity index (χ3v) is 10.8. The zero-order valence-corrected chi connectivity index (χ0v) is 30.0. The Labute approximate surface area is 313 Å². The molecule has 0 atom stereocenters. The Hall–Kier alpha value is -7.22. The number of hydrogen-bond donors (Lipinski definition) is 0. The largest absolute Gasteiger partial charge is 0.307 e. The number of nitrogens with zero attached hydrogens (tertiary/aromatic N) is 4. The van der Waals surface area contributed by atoms with Gasteiger partial charge in [-0.3, -0.25) is 4.98 Å². The van der Waals surface area contributed by atoms with Crippen molar-refractivity contribution in [2.24, 2.45) is 0 Å². The summed E-state index contributed by atoms with van der Waals surface area (Å²) in [4.78, 5) is 4.99. The van der Waals surface area contributed by atoms with E-state index in [2.05, 4.69) is 169 Å². The van der Waals surface area contributed by atoms with Crippen LogP contribution < -0.4 is 0 Å². The number of hydrogen-bond acceptors (Lipinski definition) is 2. The van der Waals surface area contributed by atoms with Crippen molar-refractivity contribution in [3.8, 4) is 50.8 Å². The van der Waals surface area contributed by atoms with Crippen molar-refractivity contribution in [2.45, 2.75) is 13.8 Å². The van der Waals surface area contributed by atoms with Gasteiger partial charge in [0.2, 0.25) is 0 Å². The zero-order chi connectivity index (χ0) is 36.3. The van der Waals surface area contributed by atoms with E-state index >= 15 is 0 Å². The maximum absolute atomic E-state index is 10.5. The molecule has 0 fully saturated rings. The van der Waals surface area contributed by atoms with Crippen LogP contribution in [0.25, 0.3) is 88.4 Å². The van der Waals surface area contributed by atoms with Crippen molar-refractivity contribution in [2.75, 3.05) is 0 Å². The Bertz CT molecular complexity index is 2970. The number of fused-ring (bicyclic) bond motifs is 6. The molecule has 10 rings (SSSR count). The molecule has 54 heavy (non-hydrogen) atoms. The Morgan fingerprint density at radius 1 is 0.444 bits per heavy atom. The fourth-order valence-corrected chi connectivity index (χ4v) is 8.33. The SMILES string of the molecule is Cc1cccc(-c2ccc3c(c2)c2ccccc2n3-c2cncc(-n3c4ccccc4c4cc(-c5cccc(C)c5)ccc43)c2-c2ccccc2C#N)c1. The van der Waals surface area contributed by atoms with Crippen LogP contribution in [0.15, 0.2) is 170 Å². The Morgan fingerprint density at radius 3 is 1.43 bits per heavy atom. The molecule has 0 radical (unpaired) electrons. The topological polar surface area (TPSA) is 46.5 Å². The molecule has 3 heterocycles. The fraction of sp³-hybridized carbons (Fsp3) is 0.0400. The summed E-state index contributed by atoms with van der Waals surface area (Å²) >= 11 is 0. The molecule has 254 valence electrons. The van der Waals surface area contributed by atoms with E-state index in [1.54, 1.807) is 0 Å². The molecule has 3 aromatic heterocycles. The van der Waals surface area contributed by atoms with Crippen molar-refractivity contribution in [1.29, 1.82) is 5.26 Å². The molecule has 0 unspecified atom stereocenters. The van der Waals surface area contributed by atoms with Crippen LogP contribution in [-0.4, -0.2) is 14.1 Å². The van der Waals surface area contributed by atoms with Crippen molar-refractivity contribution in [3.05, 3.63) is 187 Å². The van der Waals surface area contributed by atoms with E-state index in [9.17, 15) is 5.26 Å². The van der Waals surface area contributed by atoms with Gasteiger partial charge in [0.15, 0.2) is 0 Å². The average Bonchev–Trinajstić information content (AvgIpc) is 3.72. The Balaban J connectivity index is 1.30. The molecule has 4 nitrogen and oxygen atoms in total. The third kappa shape index (κ3) is 4.94. The van der Waals surface area contributed by atoms with Crippen LogP contribution >= 0.6 is 0 Å². The predicted molar refractivity (Wildman–Crippen MR) is 223 cm³/mol. The minimum atomic E-state index is 0.608. The summed E-state index contributed by atoms with van der Waals surface area (Å²) in [6.07, 6.45) is 3.91. The van der Waals surface area contributed by atoms with Crippen LogP contribution in [0.1, 0.15) is 16.7 Å².